The molecule has 0 aliphatic rings. The third-order valence-electron chi connectivity index (χ3n) is 5.59. The average Bonchev–Trinajstić information content (AvgIpc) is 2.97. The fraction of sp³-hybridized carbons (Fsp3) is 0.0312. The summed E-state index contributed by atoms with van der Waals surface area (Å²) >= 11 is 0. The number of amides is 2. The monoisotopic (exact) mass is 502 g/mol. The number of ether oxygens (including phenoxy) is 1. The van der Waals surface area contributed by atoms with Crippen molar-refractivity contribution in [2.75, 3.05) is 12.4 Å². The summed E-state index contributed by atoms with van der Waals surface area (Å²) in [6.45, 7) is 0. The van der Waals surface area contributed by atoms with E-state index in [9.17, 15) is 14.4 Å². The maximum atomic E-state index is 13.1. The molecule has 6 heteroatoms. The molecular formula is C32H26N2O4. The molecule has 0 aliphatic carbocycles. The Kier molecular flexibility index (Phi) is 8.60. The minimum atomic E-state index is -0.491. The summed E-state index contributed by atoms with van der Waals surface area (Å²) in [4.78, 5) is 38.5. The molecule has 2 N–H and O–H groups in total. The SMILES string of the molecule is COc1cccc(/C=C/C(=O)c2ccc(NC(=O)/C(=C/c3ccccc3)NC(=O)c3ccccc3)cc2)c1. The zero-order valence-corrected chi connectivity index (χ0v) is 20.8. The van der Waals surface area contributed by atoms with Crippen molar-refractivity contribution in [3.05, 3.63) is 143 Å². The predicted octanol–water partition coefficient (Wildman–Crippen LogP) is 6.00. The zero-order chi connectivity index (χ0) is 26.7. The van der Waals surface area contributed by atoms with Gasteiger partial charge < -0.3 is 15.4 Å². The highest BCUT2D eigenvalue weighted by molar-refractivity contribution is 6.11. The van der Waals surface area contributed by atoms with Gasteiger partial charge in [0.05, 0.1) is 7.11 Å². The van der Waals surface area contributed by atoms with E-state index in [0.717, 1.165) is 11.1 Å². The van der Waals surface area contributed by atoms with Gasteiger partial charge in [-0.05, 0) is 71.8 Å². The molecule has 4 aromatic carbocycles. The summed E-state index contributed by atoms with van der Waals surface area (Å²) < 4.78 is 5.20. The fourth-order valence-corrected chi connectivity index (χ4v) is 3.59. The van der Waals surface area contributed by atoms with Crippen LogP contribution in [0.25, 0.3) is 12.2 Å². The number of rotatable bonds is 9. The first-order chi connectivity index (χ1) is 18.5. The molecule has 4 aromatic rings. The molecule has 0 unspecified atom stereocenters. The van der Waals surface area contributed by atoms with E-state index >= 15 is 0 Å². The van der Waals surface area contributed by atoms with E-state index in [1.807, 2.05) is 60.7 Å². The Morgan fingerprint density at radius 1 is 0.711 bits per heavy atom. The molecule has 188 valence electrons. The van der Waals surface area contributed by atoms with Crippen LogP contribution in [0, 0.1) is 0 Å². The van der Waals surface area contributed by atoms with Crippen LogP contribution >= 0.6 is 0 Å². The molecule has 0 aliphatic heterocycles. The van der Waals surface area contributed by atoms with Crippen LogP contribution in [-0.4, -0.2) is 24.7 Å². The molecule has 0 spiro atoms. The van der Waals surface area contributed by atoms with Gasteiger partial charge in [0.15, 0.2) is 5.78 Å². The largest absolute Gasteiger partial charge is 0.497 e. The van der Waals surface area contributed by atoms with E-state index < -0.39 is 11.8 Å². The molecule has 0 heterocycles. The molecule has 4 rings (SSSR count). The van der Waals surface area contributed by atoms with Crippen LogP contribution < -0.4 is 15.4 Å². The number of carbonyl (C=O) groups excluding carboxylic acids is 3. The van der Waals surface area contributed by atoms with Gasteiger partial charge in [-0.3, -0.25) is 14.4 Å². The lowest BCUT2D eigenvalue weighted by atomic mass is 10.1. The third kappa shape index (κ3) is 7.15. The van der Waals surface area contributed by atoms with Crippen LogP contribution in [0.5, 0.6) is 5.75 Å². The second-order valence-corrected chi connectivity index (χ2v) is 8.29. The van der Waals surface area contributed by atoms with Crippen molar-refractivity contribution in [2.45, 2.75) is 0 Å². The Morgan fingerprint density at radius 2 is 1.37 bits per heavy atom. The second-order valence-electron chi connectivity index (χ2n) is 8.29. The minimum absolute atomic E-state index is 0.0893. The van der Waals surface area contributed by atoms with Gasteiger partial charge in [-0.1, -0.05) is 66.7 Å². The molecule has 0 saturated carbocycles. The van der Waals surface area contributed by atoms with E-state index in [4.69, 9.17) is 4.74 Å². The van der Waals surface area contributed by atoms with Gasteiger partial charge in [0, 0.05) is 16.8 Å². The van der Waals surface area contributed by atoms with E-state index in [0.29, 0.717) is 22.6 Å². The first-order valence-corrected chi connectivity index (χ1v) is 11.9. The summed E-state index contributed by atoms with van der Waals surface area (Å²) in [7, 11) is 1.59. The van der Waals surface area contributed by atoms with E-state index in [1.54, 1.807) is 67.8 Å². The number of hydrogen-bond donors (Lipinski definition) is 2. The number of hydrogen-bond acceptors (Lipinski definition) is 4. The number of anilines is 1. The highest BCUT2D eigenvalue weighted by atomic mass is 16.5. The highest BCUT2D eigenvalue weighted by Gasteiger charge is 2.15. The van der Waals surface area contributed by atoms with Gasteiger partial charge in [0.25, 0.3) is 11.8 Å². The number of allylic oxidation sites excluding steroid dienone is 1. The Hall–Kier alpha value is -5.23. The molecule has 0 saturated heterocycles. The summed E-state index contributed by atoms with van der Waals surface area (Å²) in [5.41, 5.74) is 3.08. The van der Waals surface area contributed by atoms with Crippen molar-refractivity contribution in [3.8, 4) is 5.75 Å². The van der Waals surface area contributed by atoms with Gasteiger partial charge in [-0.15, -0.1) is 0 Å². The third-order valence-corrected chi connectivity index (χ3v) is 5.59. The molecule has 0 bridgehead atoms. The number of benzene rings is 4. The predicted molar refractivity (Wildman–Crippen MR) is 150 cm³/mol. The lowest BCUT2D eigenvalue weighted by molar-refractivity contribution is -0.113. The molecule has 2 amide bonds. The first-order valence-electron chi connectivity index (χ1n) is 11.9. The Labute approximate surface area is 221 Å². The maximum Gasteiger partial charge on any atom is 0.272 e. The maximum absolute atomic E-state index is 13.1. The molecule has 0 radical (unpaired) electrons. The van der Waals surface area contributed by atoms with E-state index in [-0.39, 0.29) is 11.5 Å². The standard InChI is InChI=1S/C32H26N2O4/c1-38-28-14-8-11-24(21-28)15-20-30(35)25-16-18-27(19-17-25)33-32(37)29(22-23-9-4-2-5-10-23)34-31(36)26-12-6-3-7-13-26/h2-22H,1H3,(H,33,37)(H,34,36)/b20-15+,29-22-. The van der Waals surface area contributed by atoms with E-state index in [2.05, 4.69) is 10.6 Å². The lowest BCUT2D eigenvalue weighted by Gasteiger charge is -2.12. The number of methoxy groups -OCH3 is 1. The van der Waals surface area contributed by atoms with Crippen LogP contribution in [0.15, 0.2) is 121 Å². The Bertz CT molecular complexity index is 1480. The quantitative estimate of drug-likeness (QED) is 0.217. The van der Waals surface area contributed by atoms with Crippen LogP contribution in [0.2, 0.25) is 0 Å². The number of nitrogens with one attached hydrogen (secondary N) is 2. The van der Waals surface area contributed by atoms with Crippen molar-refractivity contribution in [3.63, 3.8) is 0 Å². The van der Waals surface area contributed by atoms with Gasteiger partial charge in [0.1, 0.15) is 11.4 Å². The number of ketones is 1. The van der Waals surface area contributed by atoms with Crippen LogP contribution in [0.4, 0.5) is 5.69 Å². The Balaban J connectivity index is 1.47. The molecular weight excluding hydrogens is 476 g/mol. The normalized spacial score (nSPS) is 11.1. The number of carbonyl (C=O) groups is 3. The minimum Gasteiger partial charge on any atom is -0.497 e. The Morgan fingerprint density at radius 3 is 2.05 bits per heavy atom. The molecule has 0 fully saturated rings. The van der Waals surface area contributed by atoms with Crippen molar-refractivity contribution >= 4 is 35.4 Å². The van der Waals surface area contributed by atoms with Gasteiger partial charge >= 0.3 is 0 Å². The van der Waals surface area contributed by atoms with Crippen molar-refractivity contribution in [2.24, 2.45) is 0 Å². The summed E-state index contributed by atoms with van der Waals surface area (Å²) in [6, 6.07) is 31.8. The lowest BCUT2D eigenvalue weighted by Crippen LogP contribution is -2.30. The summed E-state index contributed by atoms with van der Waals surface area (Å²) in [5, 5.41) is 5.50. The van der Waals surface area contributed by atoms with Crippen LogP contribution in [0.1, 0.15) is 31.8 Å². The van der Waals surface area contributed by atoms with E-state index in [1.165, 1.54) is 6.08 Å². The van der Waals surface area contributed by atoms with Gasteiger partial charge in [-0.2, -0.15) is 0 Å². The van der Waals surface area contributed by atoms with Gasteiger partial charge in [-0.25, -0.2) is 0 Å². The van der Waals surface area contributed by atoms with Crippen molar-refractivity contribution in [1.29, 1.82) is 0 Å². The summed E-state index contributed by atoms with van der Waals surface area (Å²) in [6.07, 6.45) is 4.82. The van der Waals surface area contributed by atoms with Crippen molar-refractivity contribution < 1.29 is 19.1 Å². The van der Waals surface area contributed by atoms with Gasteiger partial charge in [0.2, 0.25) is 0 Å². The average molecular weight is 503 g/mol. The summed E-state index contributed by atoms with van der Waals surface area (Å²) in [5.74, 6) is -0.354. The topological polar surface area (TPSA) is 84.5 Å². The fourth-order valence-electron chi connectivity index (χ4n) is 3.59. The first kappa shape index (κ1) is 25.9. The zero-order valence-electron chi connectivity index (χ0n) is 20.8. The van der Waals surface area contributed by atoms with Crippen molar-refractivity contribution in [1.82, 2.24) is 5.32 Å². The smallest absolute Gasteiger partial charge is 0.272 e. The van der Waals surface area contributed by atoms with Crippen LogP contribution in [-0.2, 0) is 4.79 Å². The molecule has 0 aromatic heterocycles. The second kappa shape index (κ2) is 12.6. The molecule has 6 nitrogen and oxygen atoms in total. The molecule has 0 atom stereocenters. The molecule has 38 heavy (non-hydrogen) atoms. The van der Waals surface area contributed by atoms with Crippen LogP contribution in [0.3, 0.4) is 0 Å². The highest BCUT2D eigenvalue weighted by Crippen LogP contribution is 2.16.